The molecule has 2 rings (SSSR count). The molecule has 5 nitrogen and oxygen atoms in total. The maximum atomic E-state index is 12.2. The quantitative estimate of drug-likeness (QED) is 0.881. The van der Waals surface area contributed by atoms with Gasteiger partial charge in [0.15, 0.2) is 0 Å². The van der Waals surface area contributed by atoms with Crippen molar-refractivity contribution in [3.63, 3.8) is 0 Å². The molecule has 98 valence electrons. The zero-order valence-corrected chi connectivity index (χ0v) is 11.4. The van der Waals surface area contributed by atoms with E-state index in [1.165, 1.54) is 11.3 Å². The Balaban J connectivity index is 1.97. The maximum Gasteiger partial charge on any atom is 0.245 e. The van der Waals surface area contributed by atoms with Crippen molar-refractivity contribution in [3.8, 4) is 0 Å². The number of carbonyl (C=O) groups excluding carboxylic acids is 2. The van der Waals surface area contributed by atoms with Gasteiger partial charge in [0, 0.05) is 24.9 Å². The number of amides is 2. The van der Waals surface area contributed by atoms with Gasteiger partial charge in [-0.05, 0) is 20.3 Å². The smallest absolute Gasteiger partial charge is 0.245 e. The second-order valence-corrected chi connectivity index (χ2v) is 5.56. The zero-order valence-electron chi connectivity index (χ0n) is 10.6. The first kappa shape index (κ1) is 13.0. The van der Waals surface area contributed by atoms with Gasteiger partial charge in [-0.1, -0.05) is 0 Å². The van der Waals surface area contributed by atoms with Gasteiger partial charge in [-0.25, -0.2) is 4.98 Å². The molecule has 1 fully saturated rings. The van der Waals surface area contributed by atoms with E-state index in [9.17, 15) is 9.59 Å². The van der Waals surface area contributed by atoms with Gasteiger partial charge in [0.2, 0.25) is 11.8 Å². The Kier molecular flexibility index (Phi) is 3.65. The fourth-order valence-electron chi connectivity index (χ4n) is 2.07. The highest BCUT2D eigenvalue weighted by Gasteiger charge is 2.39. The van der Waals surface area contributed by atoms with E-state index < -0.39 is 5.54 Å². The lowest BCUT2D eigenvalue weighted by molar-refractivity contribution is -0.149. The predicted octanol–water partition coefficient (Wildman–Crippen LogP) is 0.813. The molecular weight excluding hydrogens is 250 g/mol. The molecule has 18 heavy (non-hydrogen) atoms. The number of nitrogens with one attached hydrogen (secondary N) is 1. The normalized spacial score (nSPS) is 18.6. The molecule has 0 saturated carbocycles. The molecule has 0 aromatic carbocycles. The first-order valence-electron chi connectivity index (χ1n) is 5.97. The van der Waals surface area contributed by atoms with E-state index in [0.717, 1.165) is 5.69 Å². The van der Waals surface area contributed by atoms with E-state index in [1.807, 2.05) is 5.38 Å². The number of rotatable bonds is 3. The average Bonchev–Trinajstić information content (AvgIpc) is 2.82. The lowest BCUT2D eigenvalue weighted by atomic mass is 9.98. The molecule has 1 aromatic heterocycles. The van der Waals surface area contributed by atoms with Crippen molar-refractivity contribution in [1.29, 1.82) is 0 Å². The summed E-state index contributed by atoms with van der Waals surface area (Å²) < 4.78 is 0. The highest BCUT2D eigenvalue weighted by Crippen LogP contribution is 2.19. The molecule has 1 aliphatic rings. The Morgan fingerprint density at radius 3 is 3.06 bits per heavy atom. The number of hydrogen-bond acceptors (Lipinski definition) is 4. The Bertz CT molecular complexity index is 442. The molecule has 1 saturated heterocycles. The number of hydrogen-bond donors (Lipinski definition) is 1. The third-order valence-electron chi connectivity index (χ3n) is 3.23. The molecule has 0 unspecified atom stereocenters. The van der Waals surface area contributed by atoms with E-state index in [4.69, 9.17) is 0 Å². The van der Waals surface area contributed by atoms with Crippen LogP contribution < -0.4 is 5.32 Å². The van der Waals surface area contributed by atoms with Gasteiger partial charge in [-0.15, -0.1) is 11.3 Å². The summed E-state index contributed by atoms with van der Waals surface area (Å²) in [5.41, 5.74) is 1.95. The molecule has 0 spiro atoms. The molecule has 0 aliphatic carbocycles. The van der Waals surface area contributed by atoms with Crippen LogP contribution in [0.25, 0.3) is 0 Å². The van der Waals surface area contributed by atoms with E-state index in [2.05, 4.69) is 10.3 Å². The van der Waals surface area contributed by atoms with Gasteiger partial charge in [-0.2, -0.15) is 0 Å². The molecule has 0 bridgehead atoms. The number of thiazole rings is 1. The van der Waals surface area contributed by atoms with E-state index in [0.29, 0.717) is 25.9 Å². The Morgan fingerprint density at radius 2 is 2.39 bits per heavy atom. The largest absolute Gasteiger partial charge is 0.352 e. The van der Waals surface area contributed by atoms with Crippen molar-refractivity contribution in [2.75, 3.05) is 13.1 Å². The third kappa shape index (κ3) is 2.53. The Morgan fingerprint density at radius 1 is 1.61 bits per heavy atom. The van der Waals surface area contributed by atoms with Crippen LogP contribution in [0.4, 0.5) is 0 Å². The summed E-state index contributed by atoms with van der Waals surface area (Å²) in [4.78, 5) is 29.7. The fourth-order valence-corrected chi connectivity index (χ4v) is 2.66. The van der Waals surface area contributed by atoms with Crippen LogP contribution in [-0.4, -0.2) is 40.3 Å². The molecule has 1 aliphatic heterocycles. The van der Waals surface area contributed by atoms with Crippen LogP contribution in [0.2, 0.25) is 0 Å². The van der Waals surface area contributed by atoms with Crippen LogP contribution in [0.5, 0.6) is 0 Å². The van der Waals surface area contributed by atoms with Gasteiger partial charge in [0.25, 0.3) is 0 Å². The lowest BCUT2D eigenvalue weighted by Gasteiger charge is -2.41. The Labute approximate surface area is 110 Å². The zero-order chi connectivity index (χ0) is 13.2. The lowest BCUT2D eigenvalue weighted by Crippen LogP contribution is -2.63. The summed E-state index contributed by atoms with van der Waals surface area (Å²) >= 11 is 1.53. The van der Waals surface area contributed by atoms with Crippen molar-refractivity contribution in [2.45, 2.75) is 32.2 Å². The van der Waals surface area contributed by atoms with Crippen LogP contribution >= 0.6 is 11.3 Å². The number of piperazine rings is 1. The maximum absolute atomic E-state index is 12.2. The monoisotopic (exact) mass is 267 g/mol. The predicted molar refractivity (Wildman–Crippen MR) is 69.2 cm³/mol. The second kappa shape index (κ2) is 5.06. The minimum Gasteiger partial charge on any atom is -0.352 e. The molecule has 1 aromatic rings. The van der Waals surface area contributed by atoms with Gasteiger partial charge in [0.1, 0.15) is 5.54 Å². The first-order valence-corrected chi connectivity index (χ1v) is 6.92. The second-order valence-electron chi connectivity index (χ2n) is 4.84. The molecule has 1 N–H and O–H groups in total. The highest BCUT2D eigenvalue weighted by atomic mass is 32.1. The number of carbonyl (C=O) groups is 2. The molecule has 2 amide bonds. The van der Waals surface area contributed by atoms with E-state index >= 15 is 0 Å². The van der Waals surface area contributed by atoms with Gasteiger partial charge >= 0.3 is 0 Å². The Hall–Kier alpha value is -1.43. The molecule has 2 heterocycles. The first-order chi connectivity index (χ1) is 8.51. The molecule has 0 radical (unpaired) electrons. The molecule has 6 heteroatoms. The number of aryl methyl sites for hydroxylation is 1. The van der Waals surface area contributed by atoms with Crippen molar-refractivity contribution < 1.29 is 9.59 Å². The van der Waals surface area contributed by atoms with Gasteiger partial charge < -0.3 is 10.2 Å². The van der Waals surface area contributed by atoms with Crippen LogP contribution in [0.3, 0.4) is 0 Å². The standard InChI is InChI=1S/C12H17N3O2S/c1-12(2)11(17)13-5-6-15(12)10(16)4-3-9-7-18-8-14-9/h7-8H,3-6H2,1-2H3,(H,13,17). The molecular formula is C12H17N3O2S. The summed E-state index contributed by atoms with van der Waals surface area (Å²) in [7, 11) is 0. The average molecular weight is 267 g/mol. The summed E-state index contributed by atoms with van der Waals surface area (Å²) in [6.45, 7) is 4.67. The van der Waals surface area contributed by atoms with Crippen molar-refractivity contribution in [2.24, 2.45) is 0 Å². The van der Waals surface area contributed by atoms with Crippen molar-refractivity contribution in [1.82, 2.24) is 15.2 Å². The van der Waals surface area contributed by atoms with Crippen LogP contribution in [0, 0.1) is 0 Å². The van der Waals surface area contributed by atoms with Crippen LogP contribution in [0.1, 0.15) is 26.0 Å². The van der Waals surface area contributed by atoms with E-state index in [1.54, 1.807) is 24.3 Å². The van der Waals surface area contributed by atoms with Crippen molar-refractivity contribution in [3.05, 3.63) is 16.6 Å². The minimum absolute atomic E-state index is 0.0165. The third-order valence-corrected chi connectivity index (χ3v) is 3.87. The minimum atomic E-state index is -0.753. The topological polar surface area (TPSA) is 62.3 Å². The summed E-state index contributed by atoms with van der Waals surface area (Å²) in [6, 6.07) is 0. The highest BCUT2D eigenvalue weighted by molar-refractivity contribution is 7.07. The van der Waals surface area contributed by atoms with Crippen LogP contribution in [0.15, 0.2) is 10.9 Å². The molecule has 0 atom stereocenters. The number of nitrogens with zero attached hydrogens (tertiary/aromatic N) is 2. The summed E-state index contributed by atoms with van der Waals surface area (Å²) in [6.07, 6.45) is 1.04. The SMILES string of the molecule is CC1(C)C(=O)NCCN1C(=O)CCc1cscn1. The van der Waals surface area contributed by atoms with E-state index in [-0.39, 0.29) is 11.8 Å². The van der Waals surface area contributed by atoms with Crippen molar-refractivity contribution >= 4 is 23.2 Å². The summed E-state index contributed by atoms with van der Waals surface area (Å²) in [5, 5.41) is 4.73. The van der Waals surface area contributed by atoms with Crippen LogP contribution in [-0.2, 0) is 16.0 Å². The summed E-state index contributed by atoms with van der Waals surface area (Å²) in [5.74, 6) is -0.0707. The number of aromatic nitrogens is 1. The fraction of sp³-hybridized carbons (Fsp3) is 0.583. The van der Waals surface area contributed by atoms with Gasteiger partial charge in [0.05, 0.1) is 11.2 Å². The van der Waals surface area contributed by atoms with Gasteiger partial charge in [-0.3, -0.25) is 9.59 Å².